The van der Waals surface area contributed by atoms with E-state index in [1.54, 1.807) is 6.92 Å². The van der Waals surface area contributed by atoms with E-state index in [-0.39, 0.29) is 11.4 Å². The molecule has 0 heterocycles. The molecule has 76 valence electrons. The molecular weight excluding hydrogens is 176 g/mol. The first-order chi connectivity index (χ1) is 6.57. The molecule has 1 aliphatic carbocycles. The van der Waals surface area contributed by atoms with Gasteiger partial charge in [-0.2, -0.15) is 0 Å². The molecule has 14 heavy (non-hydrogen) atoms. The summed E-state index contributed by atoms with van der Waals surface area (Å²) < 4.78 is 4.65. The van der Waals surface area contributed by atoms with E-state index in [4.69, 9.17) is 0 Å². The summed E-state index contributed by atoms with van der Waals surface area (Å²) in [7, 11) is 1.40. The molecule has 0 aromatic rings. The maximum Gasteiger partial charge on any atom is 0.333 e. The van der Waals surface area contributed by atoms with E-state index in [9.17, 15) is 4.79 Å². The Bertz CT molecular complexity index is 310. The van der Waals surface area contributed by atoms with Gasteiger partial charge < -0.3 is 4.74 Å². The van der Waals surface area contributed by atoms with Gasteiger partial charge in [-0.25, -0.2) is 4.79 Å². The lowest BCUT2D eigenvalue weighted by atomic mass is 9.82. The third-order valence-electron chi connectivity index (χ3n) is 2.34. The van der Waals surface area contributed by atoms with Crippen LogP contribution in [-0.4, -0.2) is 13.1 Å². The predicted molar refractivity (Wildman–Crippen MR) is 56.8 cm³/mol. The number of carbonyl (C=O) groups is 1. The number of esters is 1. The standard InChI is InChI=1S/C12H16O2/c1-10(11(13)14-3)9-12(2)7-5-4-6-8-12/h4-7,9H,8H2,1-3H3/b10-9+/t12-/m1/s1. The van der Waals surface area contributed by atoms with Crippen LogP contribution in [-0.2, 0) is 9.53 Å². The van der Waals surface area contributed by atoms with E-state index in [1.807, 2.05) is 18.2 Å². The maximum atomic E-state index is 11.2. The molecule has 0 aromatic carbocycles. The lowest BCUT2D eigenvalue weighted by molar-refractivity contribution is -0.136. The third kappa shape index (κ3) is 2.59. The van der Waals surface area contributed by atoms with Gasteiger partial charge in [0.2, 0.25) is 0 Å². The van der Waals surface area contributed by atoms with Crippen LogP contribution in [0.3, 0.4) is 0 Å². The minimum Gasteiger partial charge on any atom is -0.466 e. The summed E-state index contributed by atoms with van der Waals surface area (Å²) in [5, 5.41) is 0. The highest BCUT2D eigenvalue weighted by Gasteiger charge is 2.19. The van der Waals surface area contributed by atoms with E-state index in [0.717, 1.165) is 6.42 Å². The molecule has 0 N–H and O–H groups in total. The number of methoxy groups -OCH3 is 1. The van der Waals surface area contributed by atoms with E-state index < -0.39 is 0 Å². The molecule has 0 amide bonds. The van der Waals surface area contributed by atoms with Gasteiger partial charge in [0.15, 0.2) is 0 Å². The molecule has 1 atom stereocenters. The topological polar surface area (TPSA) is 26.3 Å². The Kier molecular flexibility index (Phi) is 3.28. The van der Waals surface area contributed by atoms with Crippen LogP contribution in [0.15, 0.2) is 36.0 Å². The van der Waals surface area contributed by atoms with Gasteiger partial charge in [-0.3, -0.25) is 0 Å². The lowest BCUT2D eigenvalue weighted by Gasteiger charge is -2.22. The van der Waals surface area contributed by atoms with Gasteiger partial charge in [0.1, 0.15) is 0 Å². The fourth-order valence-corrected chi connectivity index (χ4v) is 1.57. The Labute approximate surface area is 85.0 Å². The van der Waals surface area contributed by atoms with Crippen LogP contribution in [0.2, 0.25) is 0 Å². The van der Waals surface area contributed by atoms with Crippen molar-refractivity contribution in [2.45, 2.75) is 20.3 Å². The van der Waals surface area contributed by atoms with Crippen molar-refractivity contribution < 1.29 is 9.53 Å². The number of carbonyl (C=O) groups excluding carboxylic acids is 1. The Morgan fingerprint density at radius 3 is 2.71 bits per heavy atom. The second kappa shape index (κ2) is 4.27. The SMILES string of the molecule is COC(=O)/C(C)=C/[C@]1(C)C=CC=CC1. The lowest BCUT2D eigenvalue weighted by Crippen LogP contribution is -2.13. The molecule has 0 fully saturated rings. The minimum absolute atomic E-state index is 0.0486. The van der Waals surface area contributed by atoms with E-state index in [2.05, 4.69) is 23.8 Å². The summed E-state index contributed by atoms with van der Waals surface area (Å²) >= 11 is 0. The van der Waals surface area contributed by atoms with Crippen molar-refractivity contribution in [1.82, 2.24) is 0 Å². The van der Waals surface area contributed by atoms with Crippen molar-refractivity contribution in [2.75, 3.05) is 7.11 Å². The molecule has 1 rings (SSSR count). The van der Waals surface area contributed by atoms with Crippen LogP contribution >= 0.6 is 0 Å². The Hall–Kier alpha value is -1.31. The fourth-order valence-electron chi connectivity index (χ4n) is 1.57. The summed E-state index contributed by atoms with van der Waals surface area (Å²) in [6.45, 7) is 3.88. The zero-order valence-corrected chi connectivity index (χ0v) is 8.91. The molecule has 0 bridgehead atoms. The number of allylic oxidation sites excluding steroid dienone is 5. The van der Waals surface area contributed by atoms with Crippen LogP contribution in [0, 0.1) is 5.41 Å². The zero-order valence-electron chi connectivity index (χ0n) is 8.91. The summed E-state index contributed by atoms with van der Waals surface area (Å²) in [5.74, 6) is -0.255. The average Bonchev–Trinajstić information content (AvgIpc) is 2.17. The molecule has 2 heteroatoms. The number of ether oxygens (including phenoxy) is 1. The molecule has 1 aliphatic rings. The van der Waals surface area contributed by atoms with Gasteiger partial charge in [-0.1, -0.05) is 37.3 Å². The van der Waals surface area contributed by atoms with Crippen molar-refractivity contribution in [3.63, 3.8) is 0 Å². The molecule has 0 aromatic heterocycles. The Morgan fingerprint density at radius 1 is 1.50 bits per heavy atom. The van der Waals surface area contributed by atoms with Crippen LogP contribution < -0.4 is 0 Å². The molecule has 0 saturated heterocycles. The number of rotatable bonds is 2. The largest absolute Gasteiger partial charge is 0.466 e. The summed E-state index contributed by atoms with van der Waals surface area (Å²) in [5.41, 5.74) is 0.613. The maximum absolute atomic E-state index is 11.2. The number of hydrogen-bond donors (Lipinski definition) is 0. The molecule has 0 radical (unpaired) electrons. The van der Waals surface area contributed by atoms with Gasteiger partial charge in [-0.15, -0.1) is 0 Å². The molecule has 0 spiro atoms. The van der Waals surface area contributed by atoms with Gasteiger partial charge in [0, 0.05) is 11.0 Å². The van der Waals surface area contributed by atoms with E-state index in [0.29, 0.717) is 5.57 Å². The highest BCUT2D eigenvalue weighted by atomic mass is 16.5. The van der Waals surface area contributed by atoms with Gasteiger partial charge in [0.25, 0.3) is 0 Å². The average molecular weight is 192 g/mol. The smallest absolute Gasteiger partial charge is 0.333 e. The van der Waals surface area contributed by atoms with Crippen molar-refractivity contribution in [2.24, 2.45) is 5.41 Å². The fraction of sp³-hybridized carbons (Fsp3) is 0.417. The van der Waals surface area contributed by atoms with E-state index >= 15 is 0 Å². The normalized spacial score (nSPS) is 26.4. The van der Waals surface area contributed by atoms with Crippen molar-refractivity contribution in [3.8, 4) is 0 Å². The monoisotopic (exact) mass is 192 g/mol. The first-order valence-corrected chi connectivity index (χ1v) is 4.69. The minimum atomic E-state index is -0.255. The van der Waals surface area contributed by atoms with Crippen LogP contribution in [0.5, 0.6) is 0 Å². The summed E-state index contributed by atoms with van der Waals surface area (Å²) in [4.78, 5) is 11.2. The second-order valence-corrected chi connectivity index (χ2v) is 3.82. The van der Waals surface area contributed by atoms with Crippen molar-refractivity contribution in [3.05, 3.63) is 36.0 Å². The molecule has 0 saturated carbocycles. The van der Waals surface area contributed by atoms with Gasteiger partial charge in [0.05, 0.1) is 7.11 Å². The molecular formula is C12H16O2. The molecule has 0 aliphatic heterocycles. The molecule has 0 unspecified atom stereocenters. The Morgan fingerprint density at radius 2 is 2.21 bits per heavy atom. The van der Waals surface area contributed by atoms with Crippen LogP contribution in [0.4, 0.5) is 0 Å². The predicted octanol–water partition coefficient (Wildman–Crippen LogP) is 2.63. The molecule has 2 nitrogen and oxygen atoms in total. The van der Waals surface area contributed by atoms with Gasteiger partial charge in [-0.05, 0) is 13.3 Å². The van der Waals surface area contributed by atoms with Crippen molar-refractivity contribution >= 4 is 5.97 Å². The van der Waals surface area contributed by atoms with Crippen LogP contribution in [0.25, 0.3) is 0 Å². The third-order valence-corrected chi connectivity index (χ3v) is 2.34. The van der Waals surface area contributed by atoms with Crippen LogP contribution in [0.1, 0.15) is 20.3 Å². The quantitative estimate of drug-likeness (QED) is 0.496. The number of hydrogen-bond acceptors (Lipinski definition) is 2. The highest BCUT2D eigenvalue weighted by molar-refractivity contribution is 5.87. The summed E-state index contributed by atoms with van der Waals surface area (Å²) in [6.07, 6.45) is 11.1. The summed E-state index contributed by atoms with van der Waals surface area (Å²) in [6, 6.07) is 0. The van der Waals surface area contributed by atoms with Gasteiger partial charge >= 0.3 is 5.97 Å². The Balaban J connectivity index is 2.80. The van der Waals surface area contributed by atoms with E-state index in [1.165, 1.54) is 7.11 Å². The zero-order chi connectivity index (χ0) is 10.6. The van der Waals surface area contributed by atoms with Crippen molar-refractivity contribution in [1.29, 1.82) is 0 Å². The first kappa shape index (κ1) is 10.8. The first-order valence-electron chi connectivity index (χ1n) is 4.69. The highest BCUT2D eigenvalue weighted by Crippen LogP contribution is 2.29. The second-order valence-electron chi connectivity index (χ2n) is 3.82.